The first-order chi connectivity index (χ1) is 9.15. The first-order valence-electron chi connectivity index (χ1n) is 6.88. The molecule has 19 heavy (non-hydrogen) atoms. The fraction of sp³-hybridized carbons (Fsp3) is 0.600. The molecule has 106 valence electrons. The second kappa shape index (κ2) is 6.73. The summed E-state index contributed by atoms with van der Waals surface area (Å²) in [5.74, 6) is 0.861. The number of methoxy groups -OCH3 is 1. The van der Waals surface area contributed by atoms with Crippen molar-refractivity contribution in [3.63, 3.8) is 0 Å². The van der Waals surface area contributed by atoms with Gasteiger partial charge in [0.15, 0.2) is 0 Å². The van der Waals surface area contributed by atoms with Crippen LogP contribution in [0, 0.1) is 0 Å². The number of hydrogen-bond donors (Lipinski definition) is 1. The molecule has 1 heterocycles. The van der Waals surface area contributed by atoms with E-state index in [1.807, 2.05) is 6.07 Å². The largest absolute Gasteiger partial charge is 0.496 e. The Hall–Kier alpha value is -0.580. The normalized spacial score (nSPS) is 24.4. The van der Waals surface area contributed by atoms with Crippen LogP contribution in [-0.2, 0) is 4.74 Å². The molecule has 2 rings (SSSR count). The van der Waals surface area contributed by atoms with Crippen LogP contribution in [-0.4, -0.2) is 25.9 Å². The standard InChI is InChI=1S/C15H22BrNO2/c1-4-17-15(14-7-5-10(2)19-14)11-6-8-13(18-3)12(16)9-11/h6,8-10,14-15,17H,4-5,7H2,1-3H3. The lowest BCUT2D eigenvalue weighted by Crippen LogP contribution is -2.32. The number of likely N-dealkylation sites (N-methyl/N-ethyl adjacent to an activating group) is 1. The van der Waals surface area contributed by atoms with Crippen LogP contribution in [0.15, 0.2) is 22.7 Å². The molecule has 1 aliphatic rings. The van der Waals surface area contributed by atoms with Crippen LogP contribution in [0.25, 0.3) is 0 Å². The molecule has 1 saturated heterocycles. The molecule has 0 aromatic heterocycles. The van der Waals surface area contributed by atoms with Crippen molar-refractivity contribution in [1.29, 1.82) is 0 Å². The molecular weight excluding hydrogens is 306 g/mol. The highest BCUT2D eigenvalue weighted by atomic mass is 79.9. The number of halogens is 1. The van der Waals surface area contributed by atoms with Gasteiger partial charge >= 0.3 is 0 Å². The van der Waals surface area contributed by atoms with Crippen molar-refractivity contribution >= 4 is 15.9 Å². The lowest BCUT2D eigenvalue weighted by Gasteiger charge is -2.25. The van der Waals surface area contributed by atoms with Gasteiger partial charge in [0.05, 0.1) is 29.8 Å². The van der Waals surface area contributed by atoms with Crippen LogP contribution in [0.5, 0.6) is 5.75 Å². The number of ether oxygens (including phenoxy) is 2. The Bertz CT molecular complexity index is 425. The molecule has 1 aromatic carbocycles. The number of nitrogens with one attached hydrogen (secondary N) is 1. The first kappa shape index (κ1) is 14.8. The zero-order valence-electron chi connectivity index (χ0n) is 11.8. The molecule has 0 aliphatic carbocycles. The van der Waals surface area contributed by atoms with Crippen LogP contribution in [0.3, 0.4) is 0 Å². The second-order valence-electron chi connectivity index (χ2n) is 4.99. The third-order valence-electron chi connectivity index (χ3n) is 3.60. The Labute approximate surface area is 123 Å². The van der Waals surface area contributed by atoms with E-state index in [0.717, 1.165) is 29.6 Å². The minimum absolute atomic E-state index is 0.247. The molecule has 1 aromatic rings. The molecule has 1 N–H and O–H groups in total. The van der Waals surface area contributed by atoms with Gasteiger partial charge in [-0.2, -0.15) is 0 Å². The molecule has 1 aliphatic heterocycles. The summed E-state index contributed by atoms with van der Waals surface area (Å²) in [5.41, 5.74) is 1.24. The molecule has 0 saturated carbocycles. The van der Waals surface area contributed by atoms with Crippen molar-refractivity contribution in [3.8, 4) is 5.75 Å². The fourth-order valence-electron chi connectivity index (χ4n) is 2.64. The summed E-state index contributed by atoms with van der Waals surface area (Å²) in [6.45, 7) is 5.21. The highest BCUT2D eigenvalue weighted by Crippen LogP contribution is 2.33. The van der Waals surface area contributed by atoms with Crippen LogP contribution in [0.2, 0.25) is 0 Å². The lowest BCUT2D eigenvalue weighted by atomic mass is 9.99. The summed E-state index contributed by atoms with van der Waals surface area (Å²) in [7, 11) is 1.68. The van der Waals surface area contributed by atoms with Gasteiger partial charge in [-0.1, -0.05) is 13.0 Å². The number of rotatable bonds is 5. The van der Waals surface area contributed by atoms with E-state index in [1.54, 1.807) is 7.11 Å². The molecule has 3 unspecified atom stereocenters. The molecule has 0 spiro atoms. The second-order valence-corrected chi connectivity index (χ2v) is 5.85. The van der Waals surface area contributed by atoms with Gasteiger partial charge in [0, 0.05) is 0 Å². The third-order valence-corrected chi connectivity index (χ3v) is 4.22. The van der Waals surface area contributed by atoms with Gasteiger partial charge in [-0.05, 0) is 59.9 Å². The predicted molar refractivity (Wildman–Crippen MR) is 80.7 cm³/mol. The van der Waals surface area contributed by atoms with Crippen LogP contribution in [0.1, 0.15) is 38.3 Å². The fourth-order valence-corrected chi connectivity index (χ4v) is 3.20. The summed E-state index contributed by atoms with van der Waals surface area (Å²) in [6.07, 6.45) is 2.88. The van der Waals surface area contributed by atoms with Gasteiger partial charge in [0.2, 0.25) is 0 Å². The molecule has 4 heteroatoms. The SMILES string of the molecule is CCNC(c1ccc(OC)c(Br)c1)C1CCC(C)O1. The van der Waals surface area contributed by atoms with Gasteiger partial charge in [-0.15, -0.1) is 0 Å². The maximum atomic E-state index is 6.02. The van der Waals surface area contributed by atoms with E-state index < -0.39 is 0 Å². The van der Waals surface area contributed by atoms with Crippen molar-refractivity contribution in [1.82, 2.24) is 5.32 Å². The summed E-state index contributed by atoms with van der Waals surface area (Å²) < 4.78 is 12.3. The Morgan fingerprint density at radius 2 is 2.26 bits per heavy atom. The van der Waals surface area contributed by atoms with E-state index in [9.17, 15) is 0 Å². The Morgan fingerprint density at radius 3 is 2.79 bits per heavy atom. The number of hydrogen-bond acceptors (Lipinski definition) is 3. The average Bonchev–Trinajstić information content (AvgIpc) is 2.82. The molecule has 0 amide bonds. The van der Waals surface area contributed by atoms with Gasteiger partial charge < -0.3 is 14.8 Å². The van der Waals surface area contributed by atoms with Crippen molar-refractivity contribution in [2.45, 2.75) is 44.9 Å². The van der Waals surface area contributed by atoms with Gasteiger partial charge in [0.25, 0.3) is 0 Å². The van der Waals surface area contributed by atoms with E-state index in [0.29, 0.717) is 6.10 Å². The van der Waals surface area contributed by atoms with Crippen LogP contribution < -0.4 is 10.1 Å². The molecule has 3 atom stereocenters. The van der Waals surface area contributed by atoms with Crippen molar-refractivity contribution in [2.24, 2.45) is 0 Å². The predicted octanol–water partition coefficient (Wildman–Crippen LogP) is 3.68. The van der Waals surface area contributed by atoms with Crippen LogP contribution in [0.4, 0.5) is 0 Å². The van der Waals surface area contributed by atoms with E-state index in [4.69, 9.17) is 9.47 Å². The molecule has 1 fully saturated rings. The highest BCUT2D eigenvalue weighted by molar-refractivity contribution is 9.10. The van der Waals surface area contributed by atoms with Gasteiger partial charge in [-0.25, -0.2) is 0 Å². The quantitative estimate of drug-likeness (QED) is 0.894. The van der Waals surface area contributed by atoms with Crippen molar-refractivity contribution in [3.05, 3.63) is 28.2 Å². The highest BCUT2D eigenvalue weighted by Gasteiger charge is 2.30. The Kier molecular flexibility index (Phi) is 5.25. The Balaban J connectivity index is 2.21. The van der Waals surface area contributed by atoms with E-state index in [1.165, 1.54) is 5.56 Å². The zero-order chi connectivity index (χ0) is 13.8. The smallest absolute Gasteiger partial charge is 0.133 e. The molecule has 0 radical (unpaired) electrons. The summed E-state index contributed by atoms with van der Waals surface area (Å²) in [5, 5.41) is 3.54. The summed E-state index contributed by atoms with van der Waals surface area (Å²) in [6, 6.07) is 6.49. The number of benzene rings is 1. The first-order valence-corrected chi connectivity index (χ1v) is 7.67. The van der Waals surface area contributed by atoms with E-state index in [2.05, 4.69) is 47.2 Å². The van der Waals surface area contributed by atoms with Crippen molar-refractivity contribution in [2.75, 3.05) is 13.7 Å². The topological polar surface area (TPSA) is 30.5 Å². The third kappa shape index (κ3) is 3.50. The molecule has 0 bridgehead atoms. The van der Waals surface area contributed by atoms with Crippen molar-refractivity contribution < 1.29 is 9.47 Å². The maximum absolute atomic E-state index is 6.02. The summed E-state index contributed by atoms with van der Waals surface area (Å²) in [4.78, 5) is 0. The van der Waals surface area contributed by atoms with Gasteiger partial charge in [0.1, 0.15) is 5.75 Å². The minimum atomic E-state index is 0.247. The van der Waals surface area contributed by atoms with E-state index >= 15 is 0 Å². The zero-order valence-corrected chi connectivity index (χ0v) is 13.4. The maximum Gasteiger partial charge on any atom is 0.133 e. The summed E-state index contributed by atoms with van der Waals surface area (Å²) >= 11 is 3.55. The average molecular weight is 328 g/mol. The molecule has 3 nitrogen and oxygen atoms in total. The minimum Gasteiger partial charge on any atom is -0.496 e. The Morgan fingerprint density at radius 1 is 1.47 bits per heavy atom. The van der Waals surface area contributed by atoms with E-state index in [-0.39, 0.29) is 12.1 Å². The van der Waals surface area contributed by atoms with Gasteiger partial charge in [-0.3, -0.25) is 0 Å². The lowest BCUT2D eigenvalue weighted by molar-refractivity contribution is 0.0319. The van der Waals surface area contributed by atoms with Crippen LogP contribution >= 0.6 is 15.9 Å². The monoisotopic (exact) mass is 327 g/mol. The molecular formula is C15H22BrNO2.